The molecule has 0 unspecified atom stereocenters. The Morgan fingerprint density at radius 2 is 1.16 bits per heavy atom. The van der Waals surface area contributed by atoms with Gasteiger partial charge in [0.15, 0.2) is 5.78 Å². The van der Waals surface area contributed by atoms with Crippen LogP contribution in [-0.4, -0.2) is 18.9 Å². The highest BCUT2D eigenvalue weighted by atomic mass is 16.5. The van der Waals surface area contributed by atoms with Crippen LogP contribution in [0.25, 0.3) is 0 Å². The van der Waals surface area contributed by atoms with E-state index >= 15 is 0 Å². The molecule has 0 aliphatic carbocycles. The fraction of sp³-hybridized carbons (Fsp3) is 0.0476. The average molecular weight is 332 g/mol. The van der Waals surface area contributed by atoms with E-state index < -0.39 is 5.97 Å². The quantitative estimate of drug-likeness (QED) is 0.400. The van der Waals surface area contributed by atoms with E-state index in [1.165, 1.54) is 0 Å². The van der Waals surface area contributed by atoms with Gasteiger partial charge in [-0.05, 0) is 36.4 Å². The van der Waals surface area contributed by atoms with Crippen molar-refractivity contribution in [1.29, 1.82) is 0 Å². The number of ketones is 1. The molecule has 0 heterocycles. The normalized spacial score (nSPS) is 10.1. The lowest BCUT2D eigenvalue weighted by molar-refractivity contribution is 0.0734. The summed E-state index contributed by atoms with van der Waals surface area (Å²) in [6.45, 7) is 0. The molecule has 124 valence electrons. The minimum Gasteiger partial charge on any atom is -0.497 e. The minimum atomic E-state index is -0.483. The first-order valence-electron chi connectivity index (χ1n) is 7.73. The van der Waals surface area contributed by atoms with Gasteiger partial charge in [-0.1, -0.05) is 42.5 Å². The van der Waals surface area contributed by atoms with Gasteiger partial charge < -0.3 is 9.47 Å². The molecular weight excluding hydrogens is 316 g/mol. The highest BCUT2D eigenvalue weighted by Crippen LogP contribution is 2.19. The van der Waals surface area contributed by atoms with Crippen LogP contribution < -0.4 is 9.47 Å². The van der Waals surface area contributed by atoms with Crippen LogP contribution in [0.5, 0.6) is 11.5 Å². The van der Waals surface area contributed by atoms with Crippen molar-refractivity contribution in [3.63, 3.8) is 0 Å². The summed E-state index contributed by atoms with van der Waals surface area (Å²) < 4.78 is 10.4. The number of rotatable bonds is 5. The van der Waals surface area contributed by atoms with Crippen LogP contribution in [-0.2, 0) is 0 Å². The molecule has 0 radical (unpaired) electrons. The zero-order chi connectivity index (χ0) is 17.6. The lowest BCUT2D eigenvalue weighted by Crippen LogP contribution is -2.09. The first-order valence-corrected chi connectivity index (χ1v) is 7.73. The Labute approximate surface area is 145 Å². The van der Waals surface area contributed by atoms with E-state index in [-0.39, 0.29) is 5.78 Å². The summed E-state index contributed by atoms with van der Waals surface area (Å²) in [5, 5.41) is 0. The smallest absolute Gasteiger partial charge is 0.343 e. The molecule has 25 heavy (non-hydrogen) atoms. The summed E-state index contributed by atoms with van der Waals surface area (Å²) in [6, 6.07) is 22.2. The van der Waals surface area contributed by atoms with Gasteiger partial charge in [0.2, 0.25) is 0 Å². The summed E-state index contributed by atoms with van der Waals surface area (Å²) in [6.07, 6.45) is 0. The van der Waals surface area contributed by atoms with Crippen molar-refractivity contribution in [2.24, 2.45) is 0 Å². The van der Waals surface area contributed by atoms with Gasteiger partial charge in [-0.3, -0.25) is 4.79 Å². The van der Waals surface area contributed by atoms with Gasteiger partial charge in [0, 0.05) is 11.1 Å². The van der Waals surface area contributed by atoms with Crippen molar-refractivity contribution in [3.05, 3.63) is 95.6 Å². The van der Waals surface area contributed by atoms with Gasteiger partial charge >= 0.3 is 5.97 Å². The number of hydrogen-bond donors (Lipinski definition) is 0. The molecule has 0 bridgehead atoms. The second-order valence-electron chi connectivity index (χ2n) is 5.34. The van der Waals surface area contributed by atoms with Crippen LogP contribution >= 0.6 is 0 Å². The van der Waals surface area contributed by atoms with Gasteiger partial charge in [0.1, 0.15) is 11.5 Å². The highest BCUT2D eigenvalue weighted by Gasteiger charge is 2.12. The summed E-state index contributed by atoms with van der Waals surface area (Å²) in [5.74, 6) is 0.540. The van der Waals surface area contributed by atoms with Crippen LogP contribution in [0.1, 0.15) is 26.3 Å². The first-order chi connectivity index (χ1) is 12.2. The summed E-state index contributed by atoms with van der Waals surface area (Å²) in [4.78, 5) is 24.5. The Morgan fingerprint density at radius 3 is 1.76 bits per heavy atom. The average Bonchev–Trinajstić information content (AvgIpc) is 2.69. The van der Waals surface area contributed by atoms with Crippen LogP contribution in [0, 0.1) is 0 Å². The minimum absolute atomic E-state index is 0.0873. The molecule has 0 aliphatic rings. The van der Waals surface area contributed by atoms with E-state index in [1.807, 2.05) is 18.2 Å². The summed E-state index contributed by atoms with van der Waals surface area (Å²) >= 11 is 0. The van der Waals surface area contributed by atoms with Crippen molar-refractivity contribution in [2.75, 3.05) is 7.11 Å². The second-order valence-corrected chi connectivity index (χ2v) is 5.34. The number of methoxy groups -OCH3 is 1. The SMILES string of the molecule is COc1ccc(OC(=O)c2ccc(C(=O)c3ccccc3)cc2)cc1. The standard InChI is InChI=1S/C21H16O4/c1-24-18-11-13-19(14-12-18)25-21(23)17-9-7-16(8-10-17)20(22)15-5-3-2-4-6-15/h2-14H,1H3. The molecule has 4 nitrogen and oxygen atoms in total. The summed E-state index contributed by atoms with van der Waals surface area (Å²) in [5.41, 5.74) is 1.50. The third-order valence-corrected chi connectivity index (χ3v) is 3.69. The Balaban J connectivity index is 1.71. The van der Waals surface area contributed by atoms with Gasteiger partial charge in [0.05, 0.1) is 12.7 Å². The predicted octanol–water partition coefficient (Wildman–Crippen LogP) is 4.15. The molecule has 0 aromatic heterocycles. The highest BCUT2D eigenvalue weighted by molar-refractivity contribution is 6.09. The van der Waals surface area contributed by atoms with E-state index in [9.17, 15) is 9.59 Å². The van der Waals surface area contributed by atoms with Gasteiger partial charge in [-0.25, -0.2) is 4.79 Å². The van der Waals surface area contributed by atoms with E-state index in [4.69, 9.17) is 9.47 Å². The van der Waals surface area contributed by atoms with Crippen molar-refractivity contribution < 1.29 is 19.1 Å². The lowest BCUT2D eigenvalue weighted by Gasteiger charge is -2.06. The van der Waals surface area contributed by atoms with Gasteiger partial charge in [0.25, 0.3) is 0 Å². The lowest BCUT2D eigenvalue weighted by atomic mass is 10.0. The summed E-state index contributed by atoms with van der Waals surface area (Å²) in [7, 11) is 1.57. The molecule has 3 rings (SSSR count). The predicted molar refractivity (Wildman–Crippen MR) is 94.3 cm³/mol. The number of carbonyl (C=O) groups is 2. The molecule has 3 aromatic carbocycles. The third kappa shape index (κ3) is 3.93. The van der Waals surface area contributed by atoms with E-state index in [1.54, 1.807) is 67.8 Å². The van der Waals surface area contributed by atoms with E-state index in [0.29, 0.717) is 28.2 Å². The Morgan fingerprint density at radius 1 is 0.640 bits per heavy atom. The van der Waals surface area contributed by atoms with Crippen LogP contribution in [0.15, 0.2) is 78.9 Å². The largest absolute Gasteiger partial charge is 0.497 e. The molecule has 4 heteroatoms. The molecule has 0 saturated heterocycles. The van der Waals surface area contributed by atoms with Crippen LogP contribution in [0.4, 0.5) is 0 Å². The third-order valence-electron chi connectivity index (χ3n) is 3.69. The maximum Gasteiger partial charge on any atom is 0.343 e. The molecule has 0 aliphatic heterocycles. The number of hydrogen-bond acceptors (Lipinski definition) is 4. The molecular formula is C21H16O4. The van der Waals surface area contributed by atoms with Crippen molar-refractivity contribution in [1.82, 2.24) is 0 Å². The monoisotopic (exact) mass is 332 g/mol. The second kappa shape index (κ2) is 7.45. The Hall–Kier alpha value is -3.40. The molecule has 0 N–H and O–H groups in total. The Bertz CT molecular complexity index is 866. The van der Waals surface area contributed by atoms with Crippen molar-refractivity contribution in [3.8, 4) is 11.5 Å². The van der Waals surface area contributed by atoms with Crippen LogP contribution in [0.2, 0.25) is 0 Å². The fourth-order valence-electron chi connectivity index (χ4n) is 2.32. The molecule has 0 atom stereocenters. The topological polar surface area (TPSA) is 52.6 Å². The van der Waals surface area contributed by atoms with Gasteiger partial charge in [-0.15, -0.1) is 0 Å². The van der Waals surface area contributed by atoms with E-state index in [0.717, 1.165) is 0 Å². The van der Waals surface area contributed by atoms with Gasteiger partial charge in [-0.2, -0.15) is 0 Å². The number of esters is 1. The number of benzene rings is 3. The fourth-order valence-corrected chi connectivity index (χ4v) is 2.32. The molecule has 0 saturated carbocycles. The number of carbonyl (C=O) groups excluding carboxylic acids is 2. The maximum absolute atomic E-state index is 12.4. The Kier molecular flexibility index (Phi) is 4.90. The zero-order valence-electron chi connectivity index (χ0n) is 13.6. The number of ether oxygens (including phenoxy) is 2. The van der Waals surface area contributed by atoms with E-state index in [2.05, 4.69) is 0 Å². The molecule has 3 aromatic rings. The maximum atomic E-state index is 12.4. The molecule has 0 amide bonds. The first kappa shape index (κ1) is 16.5. The van der Waals surface area contributed by atoms with Crippen molar-refractivity contribution >= 4 is 11.8 Å². The van der Waals surface area contributed by atoms with Crippen LogP contribution in [0.3, 0.4) is 0 Å². The molecule has 0 fully saturated rings. The van der Waals surface area contributed by atoms with Crippen molar-refractivity contribution in [2.45, 2.75) is 0 Å². The molecule has 0 spiro atoms. The zero-order valence-corrected chi connectivity index (χ0v) is 13.6.